The van der Waals surface area contributed by atoms with E-state index in [1.165, 1.54) is 26.1 Å². The molecule has 66 valence electrons. The third-order valence-electron chi connectivity index (χ3n) is 1.85. The second kappa shape index (κ2) is 3.55. The van der Waals surface area contributed by atoms with Gasteiger partial charge in [0.05, 0.1) is 0 Å². The van der Waals surface area contributed by atoms with Crippen LogP contribution in [0.5, 0.6) is 0 Å². The lowest BCUT2D eigenvalue weighted by atomic mass is 10.1. The maximum absolute atomic E-state index is 3.48. The molecular weight excluding hydrogens is 136 g/mol. The number of hydrogen-bond acceptors (Lipinski definition) is 2. The highest BCUT2D eigenvalue weighted by molar-refractivity contribution is 4.74. The van der Waals surface area contributed by atoms with E-state index in [9.17, 15) is 0 Å². The predicted octanol–water partition coefficient (Wildman–Crippen LogP) is 1.08. The van der Waals surface area contributed by atoms with Gasteiger partial charge in [-0.05, 0) is 40.3 Å². The third kappa shape index (κ3) is 5.22. The van der Waals surface area contributed by atoms with E-state index in [0.29, 0.717) is 5.54 Å². The van der Waals surface area contributed by atoms with E-state index in [-0.39, 0.29) is 0 Å². The van der Waals surface area contributed by atoms with E-state index >= 15 is 0 Å². The second-order valence-corrected chi connectivity index (χ2v) is 4.37. The number of rotatable bonds is 4. The van der Waals surface area contributed by atoms with Crippen molar-refractivity contribution < 1.29 is 0 Å². The molecule has 1 heterocycles. The van der Waals surface area contributed by atoms with Crippen LogP contribution in [0.25, 0.3) is 0 Å². The minimum Gasteiger partial charge on any atom is -0.312 e. The first-order valence-corrected chi connectivity index (χ1v) is 4.55. The van der Waals surface area contributed by atoms with E-state index in [1.54, 1.807) is 0 Å². The molecule has 1 fully saturated rings. The van der Waals surface area contributed by atoms with Crippen LogP contribution in [0.4, 0.5) is 0 Å². The maximum Gasteiger partial charge on any atom is 0.0110 e. The van der Waals surface area contributed by atoms with Gasteiger partial charge in [-0.15, -0.1) is 0 Å². The van der Waals surface area contributed by atoms with Crippen LogP contribution in [0.3, 0.4) is 0 Å². The summed E-state index contributed by atoms with van der Waals surface area (Å²) in [5.74, 6) is 0. The van der Waals surface area contributed by atoms with E-state index in [4.69, 9.17) is 0 Å². The fourth-order valence-electron chi connectivity index (χ4n) is 1.06. The summed E-state index contributed by atoms with van der Waals surface area (Å²) in [5, 5.41) is 3.48. The SMILES string of the molecule is CC(C)(C)NCCCN1CC1. The molecule has 1 N–H and O–H groups in total. The van der Waals surface area contributed by atoms with Gasteiger partial charge >= 0.3 is 0 Å². The van der Waals surface area contributed by atoms with Gasteiger partial charge in [0.2, 0.25) is 0 Å². The van der Waals surface area contributed by atoms with Gasteiger partial charge in [0, 0.05) is 18.6 Å². The summed E-state index contributed by atoms with van der Waals surface area (Å²) in [6.45, 7) is 11.7. The van der Waals surface area contributed by atoms with E-state index in [1.807, 2.05) is 0 Å². The predicted molar refractivity (Wildman–Crippen MR) is 48.8 cm³/mol. The lowest BCUT2D eigenvalue weighted by Gasteiger charge is -2.20. The Morgan fingerprint density at radius 2 is 1.91 bits per heavy atom. The zero-order chi connectivity index (χ0) is 8.32. The van der Waals surface area contributed by atoms with Crippen LogP contribution in [-0.4, -0.2) is 36.6 Å². The minimum atomic E-state index is 0.291. The first kappa shape index (κ1) is 9.01. The number of nitrogens with one attached hydrogen (secondary N) is 1. The van der Waals surface area contributed by atoms with Crippen molar-refractivity contribution in [1.82, 2.24) is 10.2 Å². The smallest absolute Gasteiger partial charge is 0.0110 e. The Morgan fingerprint density at radius 3 is 2.36 bits per heavy atom. The lowest BCUT2D eigenvalue weighted by Crippen LogP contribution is -2.36. The summed E-state index contributed by atoms with van der Waals surface area (Å²) in [5.41, 5.74) is 0.291. The van der Waals surface area contributed by atoms with Crippen molar-refractivity contribution in [2.24, 2.45) is 0 Å². The molecule has 0 atom stereocenters. The highest BCUT2D eigenvalue weighted by Gasteiger charge is 2.16. The largest absolute Gasteiger partial charge is 0.312 e. The van der Waals surface area contributed by atoms with Crippen molar-refractivity contribution in [1.29, 1.82) is 0 Å². The van der Waals surface area contributed by atoms with Crippen molar-refractivity contribution in [3.8, 4) is 0 Å². The lowest BCUT2D eigenvalue weighted by molar-refractivity contribution is 0.407. The molecule has 1 saturated heterocycles. The first-order valence-electron chi connectivity index (χ1n) is 4.55. The third-order valence-corrected chi connectivity index (χ3v) is 1.85. The minimum absolute atomic E-state index is 0.291. The van der Waals surface area contributed by atoms with Crippen LogP contribution >= 0.6 is 0 Å². The first-order chi connectivity index (χ1) is 5.08. The van der Waals surface area contributed by atoms with Crippen LogP contribution in [0.15, 0.2) is 0 Å². The second-order valence-electron chi connectivity index (χ2n) is 4.37. The van der Waals surface area contributed by atoms with Gasteiger partial charge in [0.25, 0.3) is 0 Å². The molecule has 0 unspecified atom stereocenters. The van der Waals surface area contributed by atoms with Crippen molar-refractivity contribution in [3.05, 3.63) is 0 Å². The molecule has 1 rings (SSSR count). The highest BCUT2D eigenvalue weighted by atomic mass is 15.3. The summed E-state index contributed by atoms with van der Waals surface area (Å²) in [7, 11) is 0. The molecule has 11 heavy (non-hydrogen) atoms. The quantitative estimate of drug-likeness (QED) is 0.484. The molecule has 0 saturated carbocycles. The number of nitrogens with zero attached hydrogens (tertiary/aromatic N) is 1. The summed E-state index contributed by atoms with van der Waals surface area (Å²) < 4.78 is 0. The van der Waals surface area contributed by atoms with Gasteiger partial charge in [-0.2, -0.15) is 0 Å². The van der Waals surface area contributed by atoms with Crippen molar-refractivity contribution >= 4 is 0 Å². The van der Waals surface area contributed by atoms with Gasteiger partial charge in [0.1, 0.15) is 0 Å². The fourth-order valence-corrected chi connectivity index (χ4v) is 1.06. The Labute approximate surface area is 70.0 Å². The molecule has 0 aromatic heterocycles. The molecule has 0 radical (unpaired) electrons. The molecule has 0 aromatic carbocycles. The topological polar surface area (TPSA) is 15.0 Å². The molecule has 2 nitrogen and oxygen atoms in total. The highest BCUT2D eigenvalue weighted by Crippen LogP contribution is 2.04. The summed E-state index contributed by atoms with van der Waals surface area (Å²) in [6, 6.07) is 0. The molecule has 2 heteroatoms. The molecule has 0 amide bonds. The molecule has 1 aliphatic heterocycles. The van der Waals surface area contributed by atoms with Crippen molar-refractivity contribution in [2.45, 2.75) is 32.7 Å². The summed E-state index contributed by atoms with van der Waals surface area (Å²) in [4.78, 5) is 2.46. The van der Waals surface area contributed by atoms with Gasteiger partial charge in [-0.3, -0.25) is 0 Å². The molecule has 0 spiro atoms. The normalized spacial score (nSPS) is 18.8. The van der Waals surface area contributed by atoms with E-state index < -0.39 is 0 Å². The van der Waals surface area contributed by atoms with E-state index in [2.05, 4.69) is 31.0 Å². The molecule has 0 bridgehead atoms. The average Bonchev–Trinajstić information content (AvgIpc) is 2.60. The molecular formula is C9H20N2. The van der Waals surface area contributed by atoms with Crippen LogP contribution in [0, 0.1) is 0 Å². The van der Waals surface area contributed by atoms with Crippen LogP contribution in [0.2, 0.25) is 0 Å². The molecule has 0 aromatic rings. The summed E-state index contributed by atoms with van der Waals surface area (Å²) in [6.07, 6.45) is 1.29. The number of hydrogen-bond donors (Lipinski definition) is 1. The van der Waals surface area contributed by atoms with Gasteiger partial charge in [-0.25, -0.2) is 0 Å². The van der Waals surface area contributed by atoms with Gasteiger partial charge in [-0.1, -0.05) is 0 Å². The van der Waals surface area contributed by atoms with Crippen LogP contribution < -0.4 is 5.32 Å². The Bertz CT molecular complexity index is 111. The fraction of sp³-hybridized carbons (Fsp3) is 1.00. The monoisotopic (exact) mass is 156 g/mol. The average molecular weight is 156 g/mol. The maximum atomic E-state index is 3.48. The van der Waals surface area contributed by atoms with Gasteiger partial charge in [0.15, 0.2) is 0 Å². The summed E-state index contributed by atoms with van der Waals surface area (Å²) >= 11 is 0. The Balaban J connectivity index is 1.87. The zero-order valence-electron chi connectivity index (χ0n) is 7.98. The van der Waals surface area contributed by atoms with Crippen LogP contribution in [-0.2, 0) is 0 Å². The Hall–Kier alpha value is -0.0800. The van der Waals surface area contributed by atoms with E-state index in [0.717, 1.165) is 6.54 Å². The van der Waals surface area contributed by atoms with Crippen LogP contribution in [0.1, 0.15) is 27.2 Å². The zero-order valence-corrected chi connectivity index (χ0v) is 7.98. The Kier molecular flexibility index (Phi) is 2.90. The standard InChI is InChI=1S/C9H20N2/c1-9(2,3)10-5-4-6-11-7-8-11/h10H,4-8H2,1-3H3. The molecule has 0 aliphatic carbocycles. The van der Waals surface area contributed by atoms with Crippen molar-refractivity contribution in [3.63, 3.8) is 0 Å². The Morgan fingerprint density at radius 1 is 1.27 bits per heavy atom. The molecule has 1 aliphatic rings. The van der Waals surface area contributed by atoms with Crippen molar-refractivity contribution in [2.75, 3.05) is 26.2 Å². The van der Waals surface area contributed by atoms with Gasteiger partial charge < -0.3 is 10.2 Å².